The number of amides is 1. The van der Waals surface area contributed by atoms with E-state index in [4.69, 9.17) is 14.4 Å². The molecule has 1 aliphatic rings. The Hall–Kier alpha value is -1.70. The highest BCUT2D eigenvalue weighted by Gasteiger charge is 2.44. The zero-order valence-corrected chi connectivity index (χ0v) is 15.0. The van der Waals surface area contributed by atoms with Crippen LogP contribution in [0.4, 0.5) is 5.82 Å². The maximum Gasteiger partial charge on any atom is 0.351 e. The Labute approximate surface area is 152 Å². The third-order valence-corrected chi connectivity index (χ3v) is 4.12. The molecule has 27 heavy (non-hydrogen) atoms. The van der Waals surface area contributed by atoms with Gasteiger partial charge in [0.25, 0.3) is 7.82 Å². The van der Waals surface area contributed by atoms with Gasteiger partial charge < -0.3 is 39.3 Å². The normalized spacial score (nSPS) is 27.3. The molecular formula is C13H19N3O10P-. The van der Waals surface area contributed by atoms with E-state index < -0.39 is 50.6 Å². The van der Waals surface area contributed by atoms with Crippen LogP contribution >= 0.6 is 7.82 Å². The van der Waals surface area contributed by atoms with Gasteiger partial charge in [-0.3, -0.25) is 13.9 Å². The Kier molecular flexibility index (Phi) is 7.19. The van der Waals surface area contributed by atoms with Crippen molar-refractivity contribution < 1.29 is 43.4 Å². The number of phosphoric ester groups is 1. The first-order valence-electron chi connectivity index (χ1n) is 7.70. The van der Waals surface area contributed by atoms with Gasteiger partial charge in [-0.1, -0.05) is 0 Å². The predicted octanol–water partition coefficient (Wildman–Crippen LogP) is -2.69. The van der Waals surface area contributed by atoms with Crippen LogP contribution in [0.3, 0.4) is 0 Å². The fourth-order valence-electron chi connectivity index (χ4n) is 2.34. The molecule has 0 radical (unpaired) electrons. The second-order valence-corrected chi connectivity index (χ2v) is 6.80. The molecule has 1 aromatic heterocycles. The van der Waals surface area contributed by atoms with Gasteiger partial charge >= 0.3 is 5.69 Å². The van der Waals surface area contributed by atoms with Crippen LogP contribution in [0.2, 0.25) is 0 Å². The number of anilines is 1. The van der Waals surface area contributed by atoms with Crippen LogP contribution in [0.1, 0.15) is 12.6 Å². The lowest BCUT2D eigenvalue weighted by molar-refractivity contribution is -0.222. The van der Waals surface area contributed by atoms with Gasteiger partial charge in [-0.2, -0.15) is 4.98 Å². The second-order valence-electron chi connectivity index (χ2n) is 5.60. The number of hydrogen-bond donors (Lipinski definition) is 4. The topological polar surface area (TPSA) is 192 Å². The van der Waals surface area contributed by atoms with Crippen LogP contribution in [-0.4, -0.2) is 69.2 Å². The van der Waals surface area contributed by atoms with Crippen molar-refractivity contribution in [2.75, 3.05) is 25.6 Å². The number of phosphoric acid groups is 1. The zero-order chi connectivity index (χ0) is 20.2. The monoisotopic (exact) mass is 408 g/mol. The Morgan fingerprint density at radius 2 is 2.19 bits per heavy atom. The van der Waals surface area contributed by atoms with Crippen LogP contribution in [0, 0.1) is 0 Å². The van der Waals surface area contributed by atoms with Gasteiger partial charge in [0.15, 0.2) is 6.23 Å². The summed E-state index contributed by atoms with van der Waals surface area (Å²) in [4.78, 5) is 46.6. The number of aliphatic hydroxyl groups excluding tert-OH is 2. The molecule has 1 amide bonds. The van der Waals surface area contributed by atoms with Crippen molar-refractivity contribution in [3.63, 3.8) is 0 Å². The van der Waals surface area contributed by atoms with Gasteiger partial charge in [0.05, 0.1) is 19.6 Å². The Morgan fingerprint density at radius 1 is 1.48 bits per heavy atom. The van der Waals surface area contributed by atoms with Gasteiger partial charge in [0.2, 0.25) is 5.91 Å². The van der Waals surface area contributed by atoms with Crippen LogP contribution in [0.25, 0.3) is 0 Å². The third-order valence-electron chi connectivity index (χ3n) is 3.64. The second kappa shape index (κ2) is 8.99. The number of ether oxygens (including phenoxy) is 2. The molecule has 4 N–H and O–H groups in total. The average molecular weight is 408 g/mol. The molecule has 0 aliphatic carbocycles. The lowest BCUT2D eigenvalue weighted by atomic mass is 10.1. The molecule has 13 nitrogen and oxygen atoms in total. The number of hydrogen-bond acceptors (Lipinski definition) is 10. The number of aliphatic hydroxyl groups is 2. The minimum Gasteiger partial charge on any atom is -0.756 e. The smallest absolute Gasteiger partial charge is 0.351 e. The number of aromatic nitrogens is 2. The van der Waals surface area contributed by atoms with Gasteiger partial charge in [0, 0.05) is 13.3 Å². The van der Waals surface area contributed by atoms with E-state index >= 15 is 0 Å². The first-order chi connectivity index (χ1) is 12.6. The predicted molar refractivity (Wildman–Crippen MR) is 85.3 cm³/mol. The standard InChI is InChI=1S/C13H20N3O10P/c1-24-5-3-9(17)14-8-2-4-16(13(20)15-8)12-11(19)10(18)7(26-12)6-25-27(21,22)23/h2,4,7,10-12,18-19H,3,5-6H2,1H3,(H2,21,22,23)(H,14,15,17,20)/p-1/t7-,10+,11?,12-/m1/s1. The highest BCUT2D eigenvalue weighted by molar-refractivity contribution is 7.44. The summed E-state index contributed by atoms with van der Waals surface area (Å²) in [5.74, 6) is -0.449. The van der Waals surface area contributed by atoms with E-state index in [1.165, 1.54) is 19.4 Å². The van der Waals surface area contributed by atoms with Gasteiger partial charge in [0.1, 0.15) is 24.1 Å². The average Bonchev–Trinajstić information content (AvgIpc) is 2.86. The number of methoxy groups -OCH3 is 1. The first kappa shape index (κ1) is 21.6. The molecule has 0 bridgehead atoms. The molecule has 0 saturated carbocycles. The molecule has 1 saturated heterocycles. The van der Waals surface area contributed by atoms with Crippen LogP contribution in [-0.2, 0) is 23.4 Å². The summed E-state index contributed by atoms with van der Waals surface area (Å²) in [6, 6.07) is 1.28. The first-order valence-corrected chi connectivity index (χ1v) is 9.20. The number of nitrogens with one attached hydrogen (secondary N) is 1. The van der Waals surface area contributed by atoms with Crippen molar-refractivity contribution in [2.24, 2.45) is 0 Å². The Balaban J connectivity index is 2.08. The van der Waals surface area contributed by atoms with E-state index in [1.54, 1.807) is 0 Å². The highest BCUT2D eigenvalue weighted by Crippen LogP contribution is 2.34. The summed E-state index contributed by atoms with van der Waals surface area (Å²) in [5.41, 5.74) is -0.894. The quantitative estimate of drug-likeness (QED) is 0.327. The van der Waals surface area contributed by atoms with Crippen LogP contribution in [0.5, 0.6) is 0 Å². The molecule has 14 heteroatoms. The molecule has 0 spiro atoms. The molecule has 1 aromatic rings. The van der Waals surface area contributed by atoms with Gasteiger partial charge in [-0.05, 0) is 6.07 Å². The summed E-state index contributed by atoms with van der Waals surface area (Å²) in [6.45, 7) is -0.571. The minimum atomic E-state index is -5.05. The molecule has 2 rings (SSSR count). The fourth-order valence-corrected chi connectivity index (χ4v) is 2.68. The molecule has 152 valence electrons. The van der Waals surface area contributed by atoms with Gasteiger partial charge in [-0.25, -0.2) is 4.79 Å². The van der Waals surface area contributed by atoms with Crippen LogP contribution in [0.15, 0.2) is 17.1 Å². The van der Waals surface area contributed by atoms with E-state index in [2.05, 4.69) is 14.8 Å². The van der Waals surface area contributed by atoms with Crippen molar-refractivity contribution in [1.82, 2.24) is 9.55 Å². The molecular weight excluding hydrogens is 389 g/mol. The van der Waals surface area contributed by atoms with Gasteiger partial charge in [-0.15, -0.1) is 0 Å². The van der Waals surface area contributed by atoms with E-state index in [1.807, 2.05) is 0 Å². The zero-order valence-electron chi connectivity index (χ0n) is 14.1. The molecule has 2 unspecified atom stereocenters. The molecule has 5 atom stereocenters. The van der Waals surface area contributed by atoms with Crippen LogP contribution < -0.4 is 15.9 Å². The lowest BCUT2D eigenvalue weighted by Gasteiger charge is -2.20. The maximum absolute atomic E-state index is 12.1. The molecule has 1 fully saturated rings. The Bertz CT molecular complexity index is 765. The van der Waals surface area contributed by atoms with Crippen molar-refractivity contribution >= 4 is 19.5 Å². The largest absolute Gasteiger partial charge is 0.756 e. The molecule has 2 heterocycles. The van der Waals surface area contributed by atoms with Crippen molar-refractivity contribution in [3.8, 4) is 0 Å². The SMILES string of the molecule is COCCC(=O)Nc1ccn([C@@H]2O[C@H](COP(=O)([O-])O)[C@H](O)C2O)c(=O)n1. The summed E-state index contributed by atoms with van der Waals surface area (Å²) in [6.07, 6.45) is -4.63. The van der Waals surface area contributed by atoms with E-state index in [0.29, 0.717) is 0 Å². The van der Waals surface area contributed by atoms with E-state index in [-0.39, 0.29) is 18.8 Å². The third kappa shape index (κ3) is 5.89. The van der Waals surface area contributed by atoms with Crippen molar-refractivity contribution in [1.29, 1.82) is 0 Å². The molecule has 0 aromatic carbocycles. The van der Waals surface area contributed by atoms with Crippen molar-refractivity contribution in [3.05, 3.63) is 22.7 Å². The summed E-state index contributed by atoms with van der Waals surface area (Å²) in [7, 11) is -3.61. The van der Waals surface area contributed by atoms with Crippen molar-refractivity contribution in [2.45, 2.75) is 31.0 Å². The Morgan fingerprint density at radius 3 is 2.78 bits per heavy atom. The summed E-state index contributed by atoms with van der Waals surface area (Å²) >= 11 is 0. The maximum atomic E-state index is 12.1. The summed E-state index contributed by atoms with van der Waals surface area (Å²) in [5, 5.41) is 22.3. The number of rotatable bonds is 8. The molecule has 1 aliphatic heterocycles. The van der Waals surface area contributed by atoms with E-state index in [0.717, 1.165) is 4.57 Å². The highest BCUT2D eigenvalue weighted by atomic mass is 31.2. The fraction of sp³-hybridized carbons (Fsp3) is 0.615. The lowest BCUT2D eigenvalue weighted by Crippen LogP contribution is -2.36. The van der Waals surface area contributed by atoms with E-state index in [9.17, 15) is 29.3 Å². The minimum absolute atomic E-state index is 0.0298. The number of nitrogens with zero attached hydrogens (tertiary/aromatic N) is 2. The number of carbonyl (C=O) groups excluding carboxylic acids is 1. The number of carbonyl (C=O) groups is 1. The summed E-state index contributed by atoms with van der Waals surface area (Å²) < 4.78 is 25.6.